The number of hydrogen-bond donors (Lipinski definition) is 1. The van der Waals surface area contributed by atoms with Crippen LogP contribution in [-0.2, 0) is 13.0 Å². The van der Waals surface area contributed by atoms with Gasteiger partial charge in [-0.25, -0.2) is 4.98 Å². The number of aryl methyl sites for hydroxylation is 1. The molecule has 1 N–H and O–H groups in total. The van der Waals surface area contributed by atoms with Crippen molar-refractivity contribution in [3.63, 3.8) is 0 Å². The maximum Gasteiger partial charge on any atom is 0.161 e. The highest BCUT2D eigenvalue weighted by Crippen LogP contribution is 2.33. The lowest BCUT2D eigenvalue weighted by Crippen LogP contribution is -2.11. The van der Waals surface area contributed by atoms with Crippen LogP contribution in [0.3, 0.4) is 0 Å². The van der Waals surface area contributed by atoms with Crippen LogP contribution in [0.5, 0.6) is 23.0 Å². The predicted molar refractivity (Wildman–Crippen MR) is 133 cm³/mol. The number of hydrogen-bond acceptors (Lipinski definition) is 7. The third kappa shape index (κ3) is 4.31. The van der Waals surface area contributed by atoms with Gasteiger partial charge < -0.3 is 24.3 Å². The summed E-state index contributed by atoms with van der Waals surface area (Å²) in [4.78, 5) is 4.81. The van der Waals surface area contributed by atoms with E-state index in [1.165, 1.54) is 0 Å². The van der Waals surface area contributed by atoms with E-state index in [-0.39, 0.29) is 0 Å². The van der Waals surface area contributed by atoms with Crippen molar-refractivity contribution in [2.24, 2.45) is 0 Å². The van der Waals surface area contributed by atoms with Gasteiger partial charge in [-0.1, -0.05) is 6.92 Å². The fourth-order valence-corrected chi connectivity index (χ4v) is 4.09. The van der Waals surface area contributed by atoms with Crippen LogP contribution >= 0.6 is 0 Å². The van der Waals surface area contributed by atoms with Crippen LogP contribution in [-0.4, -0.2) is 43.0 Å². The van der Waals surface area contributed by atoms with Crippen LogP contribution < -0.4 is 24.3 Å². The minimum atomic E-state index is 0.539. The van der Waals surface area contributed by atoms with E-state index < -0.39 is 0 Å². The number of nitrogens with one attached hydrogen (secondary N) is 1. The monoisotopic (exact) mass is 462 g/mol. The van der Waals surface area contributed by atoms with Crippen molar-refractivity contribution in [1.29, 1.82) is 0 Å². The van der Waals surface area contributed by atoms with Gasteiger partial charge in [-0.3, -0.25) is 0 Å². The normalized spacial score (nSPS) is 10.9. The Labute approximate surface area is 199 Å². The Hall–Kier alpha value is -3.94. The Morgan fingerprint density at radius 1 is 0.853 bits per heavy atom. The lowest BCUT2D eigenvalue weighted by molar-refractivity contribution is 0.355. The molecule has 8 heteroatoms. The average Bonchev–Trinajstić information content (AvgIpc) is 3.29. The molecule has 8 nitrogen and oxygen atoms in total. The topological polar surface area (TPSA) is 79.1 Å². The number of ether oxygens (including phenoxy) is 4. The molecule has 0 aliphatic rings. The zero-order valence-corrected chi connectivity index (χ0v) is 20.4. The Bertz CT molecular complexity index is 1320. The van der Waals surface area contributed by atoms with E-state index in [1.807, 2.05) is 53.9 Å². The molecular formula is C26H30N4O4. The van der Waals surface area contributed by atoms with Crippen LogP contribution in [0, 0.1) is 6.92 Å². The lowest BCUT2D eigenvalue weighted by Gasteiger charge is -2.16. The summed E-state index contributed by atoms with van der Waals surface area (Å²) < 4.78 is 23.7. The number of methoxy groups -OCH3 is 4. The summed E-state index contributed by atoms with van der Waals surface area (Å²) in [5, 5.41) is 8.47. The first-order valence-electron chi connectivity index (χ1n) is 11.1. The molecule has 0 unspecified atom stereocenters. The second-order valence-corrected chi connectivity index (χ2v) is 7.78. The molecule has 2 aromatic carbocycles. The maximum atomic E-state index is 5.55. The Balaban J connectivity index is 1.77. The molecule has 2 heterocycles. The maximum absolute atomic E-state index is 5.55. The first-order valence-corrected chi connectivity index (χ1v) is 11.1. The highest BCUT2D eigenvalue weighted by Gasteiger charge is 2.17. The molecule has 0 aliphatic heterocycles. The number of benzene rings is 2. The highest BCUT2D eigenvalue weighted by atomic mass is 16.5. The molecule has 0 saturated heterocycles. The van der Waals surface area contributed by atoms with E-state index in [9.17, 15) is 0 Å². The Morgan fingerprint density at radius 3 is 2.26 bits per heavy atom. The van der Waals surface area contributed by atoms with Gasteiger partial charge in [0.25, 0.3) is 0 Å². The van der Waals surface area contributed by atoms with Gasteiger partial charge in [0.1, 0.15) is 17.3 Å². The summed E-state index contributed by atoms with van der Waals surface area (Å²) in [6.45, 7) is 4.68. The highest BCUT2D eigenvalue weighted by molar-refractivity contribution is 5.69. The van der Waals surface area contributed by atoms with Crippen LogP contribution in [0.1, 0.15) is 23.7 Å². The summed E-state index contributed by atoms with van der Waals surface area (Å²) in [6, 6.07) is 13.5. The van der Waals surface area contributed by atoms with E-state index in [1.54, 1.807) is 28.4 Å². The van der Waals surface area contributed by atoms with Gasteiger partial charge in [0, 0.05) is 35.0 Å². The molecule has 178 valence electrons. The lowest BCUT2D eigenvalue weighted by atomic mass is 10.1. The van der Waals surface area contributed by atoms with Gasteiger partial charge in [-0.05, 0) is 49.7 Å². The minimum Gasteiger partial charge on any atom is -0.497 e. The molecule has 0 bridgehead atoms. The molecule has 0 spiro atoms. The van der Waals surface area contributed by atoms with Crippen LogP contribution in [0.2, 0.25) is 0 Å². The van der Waals surface area contributed by atoms with E-state index in [4.69, 9.17) is 29.0 Å². The molecule has 2 aromatic heterocycles. The first kappa shape index (κ1) is 23.2. The van der Waals surface area contributed by atoms with Crippen molar-refractivity contribution in [1.82, 2.24) is 14.6 Å². The minimum absolute atomic E-state index is 0.539. The zero-order valence-electron chi connectivity index (χ0n) is 20.4. The molecule has 0 fully saturated rings. The molecule has 34 heavy (non-hydrogen) atoms. The van der Waals surface area contributed by atoms with E-state index >= 15 is 0 Å². The Morgan fingerprint density at radius 2 is 1.59 bits per heavy atom. The molecule has 0 aliphatic carbocycles. The quantitative estimate of drug-likeness (QED) is 0.378. The van der Waals surface area contributed by atoms with E-state index in [0.29, 0.717) is 18.0 Å². The Kier molecular flexibility index (Phi) is 6.77. The average molecular weight is 463 g/mol. The molecular weight excluding hydrogens is 432 g/mol. The smallest absolute Gasteiger partial charge is 0.161 e. The molecule has 0 saturated carbocycles. The van der Waals surface area contributed by atoms with Crippen LogP contribution in [0.25, 0.3) is 16.9 Å². The summed E-state index contributed by atoms with van der Waals surface area (Å²) in [5.41, 5.74) is 5.53. The van der Waals surface area contributed by atoms with Gasteiger partial charge in [0.05, 0.1) is 34.1 Å². The van der Waals surface area contributed by atoms with Gasteiger partial charge in [-0.15, -0.1) is 0 Å². The summed E-state index contributed by atoms with van der Waals surface area (Å²) in [7, 11) is 6.57. The van der Waals surface area contributed by atoms with Crippen molar-refractivity contribution < 1.29 is 18.9 Å². The van der Waals surface area contributed by atoms with Gasteiger partial charge in [-0.2, -0.15) is 9.61 Å². The number of nitrogens with zero attached hydrogens (tertiary/aromatic N) is 3. The third-order valence-corrected chi connectivity index (χ3v) is 5.87. The predicted octanol–water partition coefficient (Wildman–Crippen LogP) is 4.91. The zero-order chi connectivity index (χ0) is 24.2. The second kappa shape index (κ2) is 9.91. The fourth-order valence-electron chi connectivity index (χ4n) is 4.09. The summed E-state index contributed by atoms with van der Waals surface area (Å²) in [5.74, 6) is 3.80. The molecule has 4 aromatic rings. The van der Waals surface area contributed by atoms with Gasteiger partial charge in [0.15, 0.2) is 17.1 Å². The molecule has 0 radical (unpaired) electrons. The summed E-state index contributed by atoms with van der Waals surface area (Å²) >= 11 is 0. The third-order valence-electron chi connectivity index (χ3n) is 5.87. The molecule has 4 rings (SSSR count). The fraction of sp³-hybridized carbons (Fsp3) is 0.308. The van der Waals surface area contributed by atoms with Crippen molar-refractivity contribution in [3.05, 3.63) is 59.3 Å². The first-order chi connectivity index (χ1) is 16.5. The SMILES string of the molecule is CCc1c(C)nc2cc(-c3ccc(OC)c(OC)c3)nn2c1NCc1cc(OC)ccc1OC. The number of rotatable bonds is 9. The van der Waals surface area contributed by atoms with E-state index in [2.05, 4.69) is 12.2 Å². The van der Waals surface area contributed by atoms with Crippen molar-refractivity contribution in [2.75, 3.05) is 33.8 Å². The van der Waals surface area contributed by atoms with Gasteiger partial charge >= 0.3 is 0 Å². The number of fused-ring (bicyclic) bond motifs is 1. The second-order valence-electron chi connectivity index (χ2n) is 7.78. The van der Waals surface area contributed by atoms with Crippen LogP contribution in [0.15, 0.2) is 42.5 Å². The molecule has 0 atom stereocenters. The van der Waals surface area contributed by atoms with Crippen molar-refractivity contribution in [2.45, 2.75) is 26.8 Å². The number of anilines is 1. The van der Waals surface area contributed by atoms with Crippen molar-refractivity contribution in [3.8, 4) is 34.3 Å². The van der Waals surface area contributed by atoms with Crippen molar-refractivity contribution >= 4 is 11.5 Å². The largest absolute Gasteiger partial charge is 0.497 e. The van der Waals surface area contributed by atoms with Gasteiger partial charge in [0.2, 0.25) is 0 Å². The standard InChI is InChI=1S/C26H30N4O4/c1-7-20-16(2)28-25-14-21(17-8-10-23(33-5)24(13-17)34-6)29-30(25)26(20)27-15-18-12-19(31-3)9-11-22(18)32-4/h8-14,27H,7,15H2,1-6H3. The van der Waals surface area contributed by atoms with E-state index in [0.717, 1.165) is 57.5 Å². The molecule has 0 amide bonds. The van der Waals surface area contributed by atoms with Crippen LogP contribution in [0.4, 0.5) is 5.82 Å². The number of aromatic nitrogens is 3. The summed E-state index contributed by atoms with van der Waals surface area (Å²) in [6.07, 6.45) is 0.817.